The van der Waals surface area contributed by atoms with E-state index < -0.39 is 11.4 Å². The number of aryl methyl sites for hydroxylation is 1. The summed E-state index contributed by atoms with van der Waals surface area (Å²) in [4.78, 5) is 10.9. The Labute approximate surface area is 101 Å². The summed E-state index contributed by atoms with van der Waals surface area (Å²) in [6.07, 6.45) is 3.02. The van der Waals surface area contributed by atoms with Crippen molar-refractivity contribution < 1.29 is 15.0 Å². The van der Waals surface area contributed by atoms with Gasteiger partial charge in [-0.25, -0.2) is 0 Å². The first-order chi connectivity index (χ1) is 7.92. The Morgan fingerprint density at radius 3 is 2.71 bits per heavy atom. The number of carboxylic acids is 1. The van der Waals surface area contributed by atoms with Gasteiger partial charge in [-0.05, 0) is 30.4 Å². The second-order valence-corrected chi connectivity index (χ2v) is 5.41. The maximum absolute atomic E-state index is 10.9. The van der Waals surface area contributed by atoms with Crippen molar-refractivity contribution in [3.05, 3.63) is 28.8 Å². The van der Waals surface area contributed by atoms with Gasteiger partial charge < -0.3 is 10.2 Å². The van der Waals surface area contributed by atoms with E-state index in [0.717, 1.165) is 30.4 Å². The molecular weight excluding hydrogens is 216 g/mol. The second-order valence-electron chi connectivity index (χ2n) is 5.41. The van der Waals surface area contributed by atoms with E-state index in [1.165, 1.54) is 5.56 Å². The lowest BCUT2D eigenvalue weighted by Crippen LogP contribution is -2.22. The van der Waals surface area contributed by atoms with Gasteiger partial charge in [0.15, 0.2) is 0 Å². The van der Waals surface area contributed by atoms with Gasteiger partial charge in [0.25, 0.3) is 0 Å². The highest BCUT2D eigenvalue weighted by atomic mass is 16.4. The predicted molar refractivity (Wildman–Crippen MR) is 65.4 cm³/mol. The number of phenolic OH excluding ortho intramolecular Hbond substituents is 1. The molecule has 0 saturated carbocycles. The van der Waals surface area contributed by atoms with Gasteiger partial charge in [0.2, 0.25) is 0 Å². The van der Waals surface area contributed by atoms with E-state index in [0.29, 0.717) is 5.75 Å². The minimum atomic E-state index is -0.838. The van der Waals surface area contributed by atoms with Gasteiger partial charge in [0, 0.05) is 11.0 Å². The highest BCUT2D eigenvalue weighted by Crippen LogP contribution is 2.40. The molecule has 92 valence electrons. The number of fused-ring (bicyclic) bond motifs is 1. The van der Waals surface area contributed by atoms with Crippen LogP contribution in [0.4, 0.5) is 0 Å². The minimum absolute atomic E-state index is 0.0271. The van der Waals surface area contributed by atoms with Crippen LogP contribution in [0.25, 0.3) is 0 Å². The van der Waals surface area contributed by atoms with Gasteiger partial charge in [-0.1, -0.05) is 26.0 Å². The number of hydrogen-bond acceptors (Lipinski definition) is 2. The summed E-state index contributed by atoms with van der Waals surface area (Å²) in [5, 5.41) is 19.2. The first-order valence-electron chi connectivity index (χ1n) is 5.98. The zero-order valence-corrected chi connectivity index (χ0v) is 10.3. The third-order valence-electron chi connectivity index (χ3n) is 3.57. The maximum atomic E-state index is 10.9. The molecule has 0 unspecified atom stereocenters. The van der Waals surface area contributed by atoms with Crippen LogP contribution in [0.1, 0.15) is 43.4 Å². The van der Waals surface area contributed by atoms with Crippen LogP contribution < -0.4 is 0 Å². The number of aromatic hydroxyl groups is 1. The molecule has 0 radical (unpaired) electrons. The molecule has 0 aromatic heterocycles. The van der Waals surface area contributed by atoms with Crippen molar-refractivity contribution in [2.45, 2.75) is 44.9 Å². The average Bonchev–Trinajstić information content (AvgIpc) is 2.64. The molecular formula is C14H18O3. The third-order valence-corrected chi connectivity index (χ3v) is 3.57. The second kappa shape index (κ2) is 4.06. The fourth-order valence-corrected chi connectivity index (χ4v) is 2.67. The molecule has 17 heavy (non-hydrogen) atoms. The highest BCUT2D eigenvalue weighted by molar-refractivity contribution is 5.69. The Hall–Kier alpha value is -1.51. The number of rotatable bonds is 3. The quantitative estimate of drug-likeness (QED) is 0.845. The van der Waals surface area contributed by atoms with E-state index in [1.54, 1.807) is 0 Å². The summed E-state index contributed by atoms with van der Waals surface area (Å²) in [7, 11) is 0. The Kier molecular flexibility index (Phi) is 2.86. The van der Waals surface area contributed by atoms with Gasteiger partial charge >= 0.3 is 5.97 Å². The largest absolute Gasteiger partial charge is 0.507 e. The number of hydrogen-bond donors (Lipinski definition) is 2. The van der Waals surface area contributed by atoms with Crippen molar-refractivity contribution in [1.82, 2.24) is 0 Å². The molecule has 1 aliphatic rings. The van der Waals surface area contributed by atoms with Crippen LogP contribution in [0, 0.1) is 0 Å². The Morgan fingerprint density at radius 2 is 2.06 bits per heavy atom. The van der Waals surface area contributed by atoms with Crippen LogP contribution >= 0.6 is 0 Å². The van der Waals surface area contributed by atoms with Crippen LogP contribution in [-0.4, -0.2) is 16.2 Å². The zero-order valence-electron chi connectivity index (χ0n) is 10.3. The first-order valence-corrected chi connectivity index (χ1v) is 5.98. The van der Waals surface area contributed by atoms with Crippen molar-refractivity contribution >= 4 is 5.97 Å². The standard InChI is InChI=1S/C14H18O3/c1-14(2,8-12(15)16)11-7-6-9-4-3-5-10(9)13(11)17/h6-7,17H,3-5,8H2,1-2H3,(H,15,16). The summed E-state index contributed by atoms with van der Waals surface area (Å²) in [5.74, 6) is -0.527. The normalized spacial score (nSPS) is 14.7. The van der Waals surface area contributed by atoms with Crippen molar-refractivity contribution in [2.24, 2.45) is 0 Å². The lowest BCUT2D eigenvalue weighted by molar-refractivity contribution is -0.138. The van der Waals surface area contributed by atoms with Gasteiger partial charge in [-0.15, -0.1) is 0 Å². The molecule has 3 nitrogen and oxygen atoms in total. The molecule has 0 saturated heterocycles. The molecule has 1 aromatic carbocycles. The lowest BCUT2D eigenvalue weighted by Gasteiger charge is -2.25. The molecule has 0 bridgehead atoms. The van der Waals surface area contributed by atoms with Gasteiger partial charge in [0.1, 0.15) is 5.75 Å². The van der Waals surface area contributed by atoms with Gasteiger partial charge in [-0.3, -0.25) is 4.79 Å². The van der Waals surface area contributed by atoms with Crippen LogP contribution in [-0.2, 0) is 23.1 Å². The predicted octanol–water partition coefficient (Wildman–Crippen LogP) is 2.63. The number of phenols is 1. The zero-order chi connectivity index (χ0) is 12.6. The van der Waals surface area contributed by atoms with Crippen molar-refractivity contribution in [1.29, 1.82) is 0 Å². The van der Waals surface area contributed by atoms with Crippen LogP contribution in [0.2, 0.25) is 0 Å². The summed E-state index contributed by atoms with van der Waals surface area (Å²) >= 11 is 0. The fraction of sp³-hybridized carbons (Fsp3) is 0.500. The fourth-order valence-electron chi connectivity index (χ4n) is 2.67. The number of carbonyl (C=O) groups is 1. The molecule has 2 rings (SSSR count). The molecule has 1 aliphatic carbocycles. The van der Waals surface area contributed by atoms with Gasteiger partial charge in [0.05, 0.1) is 6.42 Å². The Bertz CT molecular complexity index is 461. The molecule has 0 fully saturated rings. The molecule has 1 aromatic rings. The summed E-state index contributed by atoms with van der Waals surface area (Å²) in [6, 6.07) is 3.91. The average molecular weight is 234 g/mol. The van der Waals surface area contributed by atoms with E-state index in [2.05, 4.69) is 0 Å². The highest BCUT2D eigenvalue weighted by Gasteiger charge is 2.29. The van der Waals surface area contributed by atoms with Crippen molar-refractivity contribution in [3.8, 4) is 5.75 Å². The Balaban J connectivity index is 2.43. The van der Waals surface area contributed by atoms with Crippen molar-refractivity contribution in [2.75, 3.05) is 0 Å². The minimum Gasteiger partial charge on any atom is -0.507 e. The molecule has 0 atom stereocenters. The molecule has 0 spiro atoms. The molecule has 0 heterocycles. The van der Waals surface area contributed by atoms with Gasteiger partial charge in [-0.2, -0.15) is 0 Å². The van der Waals surface area contributed by atoms with Crippen molar-refractivity contribution in [3.63, 3.8) is 0 Å². The molecule has 3 heteroatoms. The van der Waals surface area contributed by atoms with Crippen LogP contribution in [0.15, 0.2) is 12.1 Å². The van der Waals surface area contributed by atoms with E-state index in [9.17, 15) is 9.90 Å². The third kappa shape index (κ3) is 2.14. The molecule has 0 aliphatic heterocycles. The topological polar surface area (TPSA) is 57.5 Å². The molecule has 0 amide bonds. The summed E-state index contributed by atoms with van der Waals surface area (Å²) in [5.41, 5.74) is 2.44. The lowest BCUT2D eigenvalue weighted by atomic mass is 9.80. The van der Waals surface area contributed by atoms with E-state index >= 15 is 0 Å². The Morgan fingerprint density at radius 1 is 1.35 bits per heavy atom. The summed E-state index contributed by atoms with van der Waals surface area (Å²) < 4.78 is 0. The number of aliphatic carboxylic acids is 1. The van der Waals surface area contributed by atoms with E-state index in [-0.39, 0.29) is 6.42 Å². The number of carboxylic acid groups (broad SMARTS) is 1. The SMILES string of the molecule is CC(C)(CC(=O)O)c1ccc2c(c1O)CCC2. The van der Waals surface area contributed by atoms with Crippen LogP contribution in [0.5, 0.6) is 5.75 Å². The molecule has 2 N–H and O–H groups in total. The first kappa shape index (κ1) is 12.0. The monoisotopic (exact) mass is 234 g/mol. The van der Waals surface area contributed by atoms with E-state index in [4.69, 9.17) is 5.11 Å². The van der Waals surface area contributed by atoms with Crippen LogP contribution in [0.3, 0.4) is 0 Å². The maximum Gasteiger partial charge on any atom is 0.304 e. The number of benzene rings is 1. The summed E-state index contributed by atoms with van der Waals surface area (Å²) in [6.45, 7) is 3.72. The smallest absolute Gasteiger partial charge is 0.304 e. The van der Waals surface area contributed by atoms with E-state index in [1.807, 2.05) is 26.0 Å².